The van der Waals surface area contributed by atoms with Crippen LogP contribution in [0.25, 0.3) is 11.1 Å². The maximum Gasteiger partial charge on any atom is 0.123 e. The molecule has 0 aliphatic carbocycles. The molecule has 0 amide bonds. The predicted molar refractivity (Wildman–Crippen MR) is 73.9 cm³/mol. The number of halogens is 2. The number of benzene rings is 2. The maximum atomic E-state index is 13.4. The van der Waals surface area contributed by atoms with Crippen LogP contribution in [-0.2, 0) is 6.54 Å². The van der Waals surface area contributed by atoms with Crippen LogP contribution < -0.4 is 5.32 Å². The molecule has 1 nitrogen and oxygen atoms in total. The van der Waals surface area contributed by atoms with Crippen molar-refractivity contribution < 1.29 is 8.78 Å². The number of nitrogens with one attached hydrogen (secondary N) is 1. The Hall–Kier alpha value is -1.74. The van der Waals surface area contributed by atoms with E-state index < -0.39 is 0 Å². The predicted octanol–water partition coefficient (Wildman–Crippen LogP) is 4.05. The van der Waals surface area contributed by atoms with Gasteiger partial charge in [-0.1, -0.05) is 19.1 Å². The van der Waals surface area contributed by atoms with Crippen molar-refractivity contribution in [1.29, 1.82) is 0 Å². The van der Waals surface area contributed by atoms with Gasteiger partial charge in [0.15, 0.2) is 0 Å². The first-order valence-corrected chi connectivity index (χ1v) is 6.37. The van der Waals surface area contributed by atoms with E-state index in [9.17, 15) is 8.78 Å². The van der Waals surface area contributed by atoms with Crippen LogP contribution in [-0.4, -0.2) is 6.54 Å². The maximum absolute atomic E-state index is 13.4. The zero-order valence-electron chi connectivity index (χ0n) is 11.1. The molecule has 2 aromatic carbocycles. The minimum Gasteiger partial charge on any atom is -0.313 e. The molecule has 2 rings (SSSR count). The molecule has 0 unspecified atom stereocenters. The molecule has 100 valence electrons. The Morgan fingerprint density at radius 1 is 0.947 bits per heavy atom. The second kappa shape index (κ2) is 5.93. The van der Waals surface area contributed by atoms with Crippen LogP contribution in [0, 0.1) is 18.6 Å². The molecule has 0 aliphatic rings. The van der Waals surface area contributed by atoms with Gasteiger partial charge in [0.1, 0.15) is 11.6 Å². The lowest BCUT2D eigenvalue weighted by Crippen LogP contribution is -2.12. The fourth-order valence-corrected chi connectivity index (χ4v) is 2.12. The van der Waals surface area contributed by atoms with E-state index in [0.717, 1.165) is 28.8 Å². The zero-order valence-corrected chi connectivity index (χ0v) is 11.1. The molecule has 0 aliphatic heterocycles. The molecular formula is C16H17F2N. The molecule has 0 heterocycles. The summed E-state index contributed by atoms with van der Waals surface area (Å²) in [6.07, 6.45) is 0. The van der Waals surface area contributed by atoms with E-state index in [1.54, 1.807) is 12.1 Å². The Morgan fingerprint density at radius 3 is 2.37 bits per heavy atom. The minimum atomic E-state index is -0.278. The van der Waals surface area contributed by atoms with Gasteiger partial charge in [0.25, 0.3) is 0 Å². The smallest absolute Gasteiger partial charge is 0.123 e. The van der Waals surface area contributed by atoms with Crippen molar-refractivity contribution in [2.45, 2.75) is 20.4 Å². The average molecular weight is 261 g/mol. The summed E-state index contributed by atoms with van der Waals surface area (Å²) in [5, 5.41) is 3.18. The molecule has 19 heavy (non-hydrogen) atoms. The highest BCUT2D eigenvalue weighted by Gasteiger charge is 2.09. The van der Waals surface area contributed by atoms with Gasteiger partial charge >= 0.3 is 0 Å². The van der Waals surface area contributed by atoms with Crippen LogP contribution in [0.2, 0.25) is 0 Å². The first-order chi connectivity index (χ1) is 9.11. The lowest BCUT2D eigenvalue weighted by Gasteiger charge is -2.13. The third-order valence-corrected chi connectivity index (χ3v) is 3.12. The fraction of sp³-hybridized carbons (Fsp3) is 0.250. The van der Waals surface area contributed by atoms with Gasteiger partial charge in [-0.15, -0.1) is 0 Å². The third kappa shape index (κ3) is 3.18. The van der Waals surface area contributed by atoms with Gasteiger partial charge in [0.2, 0.25) is 0 Å². The Balaban J connectivity index is 2.51. The van der Waals surface area contributed by atoms with Gasteiger partial charge in [0, 0.05) is 6.54 Å². The largest absolute Gasteiger partial charge is 0.313 e. The van der Waals surface area contributed by atoms with E-state index in [2.05, 4.69) is 5.32 Å². The highest BCUT2D eigenvalue weighted by molar-refractivity contribution is 5.70. The molecule has 0 saturated carbocycles. The van der Waals surface area contributed by atoms with Crippen LogP contribution in [0.4, 0.5) is 8.78 Å². The van der Waals surface area contributed by atoms with Crippen LogP contribution in [0.15, 0.2) is 36.4 Å². The van der Waals surface area contributed by atoms with E-state index >= 15 is 0 Å². The van der Waals surface area contributed by atoms with Crippen molar-refractivity contribution in [1.82, 2.24) is 5.32 Å². The molecule has 0 bridgehead atoms. The monoisotopic (exact) mass is 261 g/mol. The summed E-state index contributed by atoms with van der Waals surface area (Å²) < 4.78 is 26.8. The highest BCUT2D eigenvalue weighted by Crippen LogP contribution is 2.28. The highest BCUT2D eigenvalue weighted by atomic mass is 19.1. The van der Waals surface area contributed by atoms with Gasteiger partial charge in [-0.25, -0.2) is 8.78 Å². The standard InChI is InChI=1S/C16H17F2N/c1-3-19-10-12-8-13(17)6-7-15(12)16-9-14(18)5-4-11(16)2/h4-9,19H,3,10H2,1-2H3. The van der Waals surface area contributed by atoms with Crippen molar-refractivity contribution in [2.24, 2.45) is 0 Å². The summed E-state index contributed by atoms with van der Waals surface area (Å²) in [5.41, 5.74) is 3.51. The summed E-state index contributed by atoms with van der Waals surface area (Å²) >= 11 is 0. The number of rotatable bonds is 4. The van der Waals surface area contributed by atoms with Crippen molar-refractivity contribution in [3.8, 4) is 11.1 Å². The van der Waals surface area contributed by atoms with Crippen LogP contribution in [0.5, 0.6) is 0 Å². The summed E-state index contributed by atoms with van der Waals surface area (Å²) in [5.74, 6) is -0.551. The molecular weight excluding hydrogens is 244 g/mol. The van der Waals surface area contributed by atoms with Crippen molar-refractivity contribution in [3.05, 3.63) is 59.2 Å². The van der Waals surface area contributed by atoms with E-state index in [-0.39, 0.29) is 11.6 Å². The molecule has 0 saturated heterocycles. The molecule has 0 fully saturated rings. The van der Waals surface area contributed by atoms with Crippen LogP contribution >= 0.6 is 0 Å². The Labute approximate surface area is 112 Å². The summed E-state index contributed by atoms with van der Waals surface area (Å²) in [4.78, 5) is 0. The molecule has 0 radical (unpaired) electrons. The topological polar surface area (TPSA) is 12.0 Å². The van der Waals surface area contributed by atoms with Gasteiger partial charge in [-0.3, -0.25) is 0 Å². The van der Waals surface area contributed by atoms with E-state index in [0.29, 0.717) is 6.54 Å². The zero-order chi connectivity index (χ0) is 13.8. The van der Waals surface area contributed by atoms with E-state index in [4.69, 9.17) is 0 Å². The lowest BCUT2D eigenvalue weighted by molar-refractivity contribution is 0.622. The van der Waals surface area contributed by atoms with E-state index in [1.165, 1.54) is 24.3 Å². The Morgan fingerprint density at radius 2 is 1.63 bits per heavy atom. The first-order valence-electron chi connectivity index (χ1n) is 6.37. The molecule has 0 spiro atoms. The fourth-order valence-electron chi connectivity index (χ4n) is 2.12. The van der Waals surface area contributed by atoms with Crippen molar-refractivity contribution in [2.75, 3.05) is 6.54 Å². The van der Waals surface area contributed by atoms with Crippen LogP contribution in [0.1, 0.15) is 18.1 Å². The summed E-state index contributed by atoms with van der Waals surface area (Å²) in [6, 6.07) is 9.30. The van der Waals surface area contributed by atoms with Gasteiger partial charge in [0.05, 0.1) is 0 Å². The molecule has 2 aromatic rings. The van der Waals surface area contributed by atoms with Gasteiger partial charge < -0.3 is 5.32 Å². The number of hydrogen-bond donors (Lipinski definition) is 1. The molecule has 0 aromatic heterocycles. The SMILES string of the molecule is CCNCc1cc(F)ccc1-c1cc(F)ccc1C. The molecule has 3 heteroatoms. The second-order valence-electron chi connectivity index (χ2n) is 4.54. The van der Waals surface area contributed by atoms with Gasteiger partial charge in [-0.2, -0.15) is 0 Å². The second-order valence-corrected chi connectivity index (χ2v) is 4.54. The molecule has 1 N–H and O–H groups in total. The number of hydrogen-bond acceptors (Lipinski definition) is 1. The lowest BCUT2D eigenvalue weighted by atomic mass is 9.95. The van der Waals surface area contributed by atoms with Crippen molar-refractivity contribution >= 4 is 0 Å². The van der Waals surface area contributed by atoms with Crippen molar-refractivity contribution in [3.63, 3.8) is 0 Å². The first kappa shape index (κ1) is 13.7. The van der Waals surface area contributed by atoms with E-state index in [1.807, 2.05) is 13.8 Å². The quantitative estimate of drug-likeness (QED) is 0.875. The normalized spacial score (nSPS) is 10.7. The number of aryl methyl sites for hydroxylation is 1. The Bertz CT molecular complexity index is 579. The third-order valence-electron chi connectivity index (χ3n) is 3.12. The van der Waals surface area contributed by atoms with Gasteiger partial charge in [-0.05, 0) is 60.0 Å². The molecule has 0 atom stereocenters. The summed E-state index contributed by atoms with van der Waals surface area (Å²) in [6.45, 7) is 5.29. The summed E-state index contributed by atoms with van der Waals surface area (Å²) in [7, 11) is 0. The Kier molecular flexibility index (Phi) is 4.27. The minimum absolute atomic E-state index is 0.272. The average Bonchev–Trinajstić information content (AvgIpc) is 2.39. The van der Waals surface area contributed by atoms with Crippen LogP contribution in [0.3, 0.4) is 0 Å².